The van der Waals surface area contributed by atoms with E-state index in [2.05, 4.69) is 17.6 Å². The van der Waals surface area contributed by atoms with Crippen LogP contribution in [0.3, 0.4) is 0 Å². The molecule has 2 aromatic carbocycles. The van der Waals surface area contributed by atoms with Gasteiger partial charge in [-0.05, 0) is 42.7 Å². The summed E-state index contributed by atoms with van der Waals surface area (Å²) in [5.41, 5.74) is 8.31. The van der Waals surface area contributed by atoms with Gasteiger partial charge in [-0.1, -0.05) is 43.7 Å². The maximum absolute atomic E-state index is 12.3. The smallest absolute Gasteiger partial charge is 0.240 e. The molecule has 0 heterocycles. The Hall–Kier alpha value is -2.35. The fraction of sp³-hybridized carbons (Fsp3) is 0.300. The summed E-state index contributed by atoms with van der Waals surface area (Å²) in [4.78, 5) is 0.0731. The van der Waals surface area contributed by atoms with Crippen LogP contribution in [0.4, 0.5) is 17.1 Å². The fourth-order valence-electron chi connectivity index (χ4n) is 2.66. The predicted molar refractivity (Wildman–Crippen MR) is 113 cm³/mol. The highest BCUT2D eigenvalue weighted by Crippen LogP contribution is 2.34. The summed E-state index contributed by atoms with van der Waals surface area (Å²) in [5.74, 6) is 0. The van der Waals surface area contributed by atoms with E-state index in [1.54, 1.807) is 6.07 Å². The molecule has 7 heteroatoms. The molecular formula is C20H28N4O2S. The van der Waals surface area contributed by atoms with Gasteiger partial charge < -0.3 is 16.4 Å². The SMILES string of the molecule is CCCCNc1cc(CC=CCN)cc(S(N)(=O)=O)c1Nc1ccccc1. The van der Waals surface area contributed by atoms with Crippen molar-refractivity contribution in [3.8, 4) is 0 Å². The van der Waals surface area contributed by atoms with Crippen molar-refractivity contribution in [2.45, 2.75) is 31.1 Å². The molecule has 27 heavy (non-hydrogen) atoms. The molecule has 0 fully saturated rings. The lowest BCUT2D eigenvalue weighted by atomic mass is 10.1. The highest BCUT2D eigenvalue weighted by Gasteiger charge is 2.19. The van der Waals surface area contributed by atoms with Crippen LogP contribution in [-0.2, 0) is 16.4 Å². The summed E-state index contributed by atoms with van der Waals surface area (Å²) in [7, 11) is -3.91. The number of nitrogens with one attached hydrogen (secondary N) is 2. The number of primary sulfonamides is 1. The molecule has 2 aromatic rings. The highest BCUT2D eigenvalue weighted by atomic mass is 32.2. The lowest BCUT2D eigenvalue weighted by Gasteiger charge is -2.19. The van der Waals surface area contributed by atoms with Crippen molar-refractivity contribution >= 4 is 27.1 Å². The molecule has 6 N–H and O–H groups in total. The van der Waals surface area contributed by atoms with E-state index in [1.165, 1.54) is 0 Å². The zero-order valence-electron chi connectivity index (χ0n) is 15.6. The Balaban J connectivity index is 2.52. The van der Waals surface area contributed by atoms with Gasteiger partial charge in [0.15, 0.2) is 0 Å². The summed E-state index contributed by atoms with van der Waals surface area (Å²) in [5, 5.41) is 12.1. The van der Waals surface area contributed by atoms with Crippen molar-refractivity contribution in [2.75, 3.05) is 23.7 Å². The van der Waals surface area contributed by atoms with Crippen LogP contribution in [-0.4, -0.2) is 21.5 Å². The number of rotatable bonds is 10. The second-order valence-electron chi connectivity index (χ2n) is 6.24. The Labute approximate surface area is 161 Å². The average Bonchev–Trinajstić information content (AvgIpc) is 2.63. The van der Waals surface area contributed by atoms with E-state index in [4.69, 9.17) is 10.9 Å². The summed E-state index contributed by atoms with van der Waals surface area (Å²) >= 11 is 0. The second kappa shape index (κ2) is 10.1. The van der Waals surface area contributed by atoms with E-state index >= 15 is 0 Å². The van der Waals surface area contributed by atoms with Gasteiger partial charge in [0.1, 0.15) is 4.90 Å². The van der Waals surface area contributed by atoms with E-state index < -0.39 is 10.0 Å². The molecule has 146 valence electrons. The Kier molecular flexibility index (Phi) is 7.84. The Morgan fingerprint density at radius 1 is 1.11 bits per heavy atom. The quantitative estimate of drug-likeness (QED) is 0.368. The van der Waals surface area contributed by atoms with Crippen LogP contribution in [0.2, 0.25) is 0 Å². The first-order valence-electron chi connectivity index (χ1n) is 9.06. The van der Waals surface area contributed by atoms with Crippen LogP contribution < -0.4 is 21.5 Å². The summed E-state index contributed by atoms with van der Waals surface area (Å²) in [6.07, 6.45) is 6.36. The maximum atomic E-state index is 12.3. The molecule has 2 rings (SSSR count). The molecule has 0 aliphatic rings. The normalized spacial score (nSPS) is 11.7. The zero-order valence-corrected chi connectivity index (χ0v) is 16.4. The van der Waals surface area contributed by atoms with Crippen LogP contribution in [0.1, 0.15) is 25.3 Å². The number of allylic oxidation sites excluding steroid dienone is 1. The van der Waals surface area contributed by atoms with Crippen LogP contribution in [0.5, 0.6) is 0 Å². The molecule has 0 aliphatic carbocycles. The molecular weight excluding hydrogens is 360 g/mol. The van der Waals surface area contributed by atoms with Crippen LogP contribution >= 0.6 is 0 Å². The average molecular weight is 389 g/mol. The van der Waals surface area contributed by atoms with Crippen LogP contribution in [0.15, 0.2) is 59.5 Å². The highest BCUT2D eigenvalue weighted by molar-refractivity contribution is 7.89. The Bertz CT molecular complexity index is 865. The van der Waals surface area contributed by atoms with Crippen LogP contribution in [0.25, 0.3) is 0 Å². The molecule has 0 radical (unpaired) electrons. The van der Waals surface area contributed by atoms with E-state index in [0.29, 0.717) is 18.7 Å². The molecule has 0 atom stereocenters. The van der Waals surface area contributed by atoms with Crippen molar-refractivity contribution < 1.29 is 8.42 Å². The van der Waals surface area contributed by atoms with E-state index in [9.17, 15) is 8.42 Å². The standard InChI is InChI=1S/C20H28N4O2S/c1-2-3-13-23-18-14-16(9-7-8-12-21)15-19(27(22,25)26)20(18)24-17-10-5-4-6-11-17/h4-8,10-11,14-15,23-24H,2-3,9,12-13,21H2,1H3,(H2,22,25,26). The van der Waals surface area contributed by atoms with E-state index in [1.807, 2.05) is 48.6 Å². The molecule has 0 aliphatic heterocycles. The van der Waals surface area contributed by atoms with Gasteiger partial charge in [0.05, 0.1) is 11.4 Å². The minimum Gasteiger partial charge on any atom is -0.383 e. The Morgan fingerprint density at radius 2 is 1.85 bits per heavy atom. The van der Waals surface area contributed by atoms with E-state index in [-0.39, 0.29) is 4.90 Å². The number of para-hydroxylation sites is 1. The summed E-state index contributed by atoms with van der Waals surface area (Å²) < 4.78 is 24.6. The minimum absolute atomic E-state index is 0.0731. The first-order valence-corrected chi connectivity index (χ1v) is 10.6. The zero-order chi connectivity index (χ0) is 19.7. The van der Waals surface area contributed by atoms with Gasteiger partial charge in [0.25, 0.3) is 0 Å². The third kappa shape index (κ3) is 6.39. The lowest BCUT2D eigenvalue weighted by molar-refractivity contribution is 0.598. The molecule has 0 saturated carbocycles. The number of benzene rings is 2. The monoisotopic (exact) mass is 388 g/mol. The number of unbranched alkanes of at least 4 members (excludes halogenated alkanes) is 1. The molecule has 0 spiro atoms. The van der Waals surface area contributed by atoms with Gasteiger partial charge in [-0.3, -0.25) is 0 Å². The Morgan fingerprint density at radius 3 is 2.48 bits per heavy atom. The fourth-order valence-corrected chi connectivity index (χ4v) is 3.43. The number of nitrogens with two attached hydrogens (primary N) is 2. The second-order valence-corrected chi connectivity index (χ2v) is 7.77. The third-order valence-electron chi connectivity index (χ3n) is 4.01. The van der Waals surface area contributed by atoms with Crippen molar-refractivity contribution in [1.82, 2.24) is 0 Å². The first-order chi connectivity index (χ1) is 13.0. The minimum atomic E-state index is -3.91. The van der Waals surface area contributed by atoms with Crippen molar-refractivity contribution in [3.05, 3.63) is 60.2 Å². The maximum Gasteiger partial charge on any atom is 0.240 e. The summed E-state index contributed by atoms with van der Waals surface area (Å²) in [6.45, 7) is 3.29. The number of hydrogen-bond acceptors (Lipinski definition) is 5. The largest absolute Gasteiger partial charge is 0.383 e. The predicted octanol–water partition coefficient (Wildman–Crippen LogP) is 3.35. The molecule has 0 amide bonds. The number of anilines is 3. The first kappa shape index (κ1) is 21.0. The van der Waals surface area contributed by atoms with Gasteiger partial charge in [-0.2, -0.15) is 0 Å². The lowest BCUT2D eigenvalue weighted by Crippen LogP contribution is -2.16. The van der Waals surface area contributed by atoms with Gasteiger partial charge in [-0.15, -0.1) is 0 Å². The number of sulfonamides is 1. The van der Waals surface area contributed by atoms with Crippen molar-refractivity contribution in [2.24, 2.45) is 10.9 Å². The molecule has 0 saturated heterocycles. The van der Waals surface area contributed by atoms with Crippen molar-refractivity contribution in [1.29, 1.82) is 0 Å². The van der Waals surface area contributed by atoms with Crippen molar-refractivity contribution in [3.63, 3.8) is 0 Å². The summed E-state index contributed by atoms with van der Waals surface area (Å²) in [6, 6.07) is 13.0. The molecule has 6 nitrogen and oxygen atoms in total. The van der Waals surface area contributed by atoms with Gasteiger partial charge in [0, 0.05) is 18.8 Å². The molecule has 0 bridgehead atoms. The van der Waals surface area contributed by atoms with Crippen LogP contribution in [0, 0.1) is 0 Å². The number of hydrogen-bond donors (Lipinski definition) is 4. The topological polar surface area (TPSA) is 110 Å². The molecule has 0 unspecified atom stereocenters. The van der Waals surface area contributed by atoms with Gasteiger partial charge >= 0.3 is 0 Å². The van der Waals surface area contributed by atoms with Gasteiger partial charge in [-0.25, -0.2) is 13.6 Å². The molecule has 0 aromatic heterocycles. The van der Waals surface area contributed by atoms with Gasteiger partial charge in [0.2, 0.25) is 10.0 Å². The van der Waals surface area contributed by atoms with E-state index in [0.717, 1.165) is 36.3 Å². The third-order valence-corrected chi connectivity index (χ3v) is 4.95.